The van der Waals surface area contributed by atoms with E-state index in [1.54, 1.807) is 0 Å². The Morgan fingerprint density at radius 1 is 1.00 bits per heavy atom. The normalized spacial score (nSPS) is 51.3. The smallest absolute Gasteiger partial charge is 0.0118 e. The van der Waals surface area contributed by atoms with Crippen LogP contribution < -0.4 is 11.5 Å². The first-order valence-electron chi connectivity index (χ1n) is 2.77. The molecule has 1 spiro atoms. The molecule has 0 aromatic carbocycles. The maximum Gasteiger partial charge on any atom is 0.0118 e. The Bertz CT molecular complexity index is 104. The van der Waals surface area contributed by atoms with E-state index in [0.29, 0.717) is 17.5 Å². The highest BCUT2D eigenvalue weighted by molar-refractivity contribution is 5.85. The topological polar surface area (TPSA) is 52.0 Å². The van der Waals surface area contributed by atoms with E-state index < -0.39 is 0 Å². The highest BCUT2D eigenvalue weighted by Crippen LogP contribution is 2.63. The summed E-state index contributed by atoms with van der Waals surface area (Å²) in [4.78, 5) is 0. The predicted molar refractivity (Wildman–Crippen MR) is 42.1 cm³/mol. The van der Waals surface area contributed by atoms with E-state index in [2.05, 4.69) is 0 Å². The fourth-order valence-electron chi connectivity index (χ4n) is 1.36. The van der Waals surface area contributed by atoms with Gasteiger partial charge in [0.1, 0.15) is 0 Å². The standard InChI is InChI=1S/C5H10N2.2ClH/c6-3-1-5(3)2-4(5)7;;/h3-4H,1-2,6-7H2;2*1H. The molecule has 2 aliphatic rings. The predicted octanol–water partition coefficient (Wildman–Crippen LogP) is 0.278. The van der Waals surface area contributed by atoms with Gasteiger partial charge in [0, 0.05) is 17.5 Å². The van der Waals surface area contributed by atoms with Crippen molar-refractivity contribution < 1.29 is 0 Å². The Hall–Kier alpha value is 0.500. The van der Waals surface area contributed by atoms with Gasteiger partial charge >= 0.3 is 0 Å². The van der Waals surface area contributed by atoms with Crippen LogP contribution in [0, 0.1) is 5.41 Å². The van der Waals surface area contributed by atoms with Crippen molar-refractivity contribution in [2.75, 3.05) is 0 Å². The van der Waals surface area contributed by atoms with Crippen LogP contribution in [0.4, 0.5) is 0 Å². The van der Waals surface area contributed by atoms with Crippen LogP contribution in [0.15, 0.2) is 0 Å². The number of hydrogen-bond donors (Lipinski definition) is 2. The van der Waals surface area contributed by atoms with Crippen LogP contribution in [-0.4, -0.2) is 12.1 Å². The zero-order valence-electron chi connectivity index (χ0n) is 5.04. The molecule has 2 fully saturated rings. The zero-order chi connectivity index (χ0) is 5.07. The molecule has 2 nitrogen and oxygen atoms in total. The molecule has 4 heteroatoms. The largest absolute Gasteiger partial charge is 0.327 e. The second kappa shape index (κ2) is 2.27. The minimum atomic E-state index is 0. The average Bonchev–Trinajstić information content (AvgIpc) is 2.28. The summed E-state index contributed by atoms with van der Waals surface area (Å²) in [6.45, 7) is 0. The van der Waals surface area contributed by atoms with Gasteiger partial charge in [0.25, 0.3) is 0 Å². The van der Waals surface area contributed by atoms with Gasteiger partial charge < -0.3 is 11.5 Å². The van der Waals surface area contributed by atoms with Crippen molar-refractivity contribution in [3.8, 4) is 0 Å². The van der Waals surface area contributed by atoms with E-state index in [0.717, 1.165) is 0 Å². The molecule has 2 rings (SSSR count). The summed E-state index contributed by atoms with van der Waals surface area (Å²) in [5.41, 5.74) is 11.6. The summed E-state index contributed by atoms with van der Waals surface area (Å²) in [5, 5.41) is 0. The van der Waals surface area contributed by atoms with E-state index in [4.69, 9.17) is 11.5 Å². The Labute approximate surface area is 67.2 Å². The van der Waals surface area contributed by atoms with Crippen LogP contribution in [0.25, 0.3) is 0 Å². The molecule has 2 atom stereocenters. The SMILES string of the molecule is Cl.Cl.NC1CC12CC2N. The molecule has 0 bridgehead atoms. The molecule has 4 N–H and O–H groups in total. The van der Waals surface area contributed by atoms with Crippen molar-refractivity contribution in [2.45, 2.75) is 24.9 Å². The minimum absolute atomic E-state index is 0. The van der Waals surface area contributed by atoms with E-state index in [9.17, 15) is 0 Å². The van der Waals surface area contributed by atoms with Crippen molar-refractivity contribution in [1.29, 1.82) is 0 Å². The van der Waals surface area contributed by atoms with Gasteiger partial charge in [0.2, 0.25) is 0 Å². The second-order valence-electron chi connectivity index (χ2n) is 2.85. The van der Waals surface area contributed by atoms with Crippen LogP contribution in [0.5, 0.6) is 0 Å². The molecule has 0 heterocycles. The maximum absolute atomic E-state index is 5.57. The van der Waals surface area contributed by atoms with Crippen LogP contribution in [-0.2, 0) is 0 Å². The number of halogens is 2. The monoisotopic (exact) mass is 170 g/mol. The first-order valence-corrected chi connectivity index (χ1v) is 2.77. The Balaban J connectivity index is 0.000000320. The van der Waals surface area contributed by atoms with Crippen molar-refractivity contribution in [3.63, 3.8) is 0 Å². The summed E-state index contributed by atoms with van der Waals surface area (Å²) in [5.74, 6) is 0. The van der Waals surface area contributed by atoms with Gasteiger partial charge in [-0.2, -0.15) is 0 Å². The highest BCUT2D eigenvalue weighted by Gasteiger charge is 2.67. The molecule has 2 unspecified atom stereocenters. The molecule has 0 saturated heterocycles. The van der Waals surface area contributed by atoms with Crippen LogP contribution in [0.3, 0.4) is 0 Å². The van der Waals surface area contributed by atoms with Crippen molar-refractivity contribution >= 4 is 24.8 Å². The third-order valence-corrected chi connectivity index (χ3v) is 2.36. The van der Waals surface area contributed by atoms with Crippen molar-refractivity contribution in [3.05, 3.63) is 0 Å². The molecule has 0 radical (unpaired) electrons. The van der Waals surface area contributed by atoms with E-state index in [1.165, 1.54) is 12.8 Å². The number of hydrogen-bond acceptors (Lipinski definition) is 2. The molecular formula is C5H12Cl2N2. The van der Waals surface area contributed by atoms with E-state index >= 15 is 0 Å². The molecule has 0 aliphatic heterocycles. The van der Waals surface area contributed by atoms with E-state index in [1.807, 2.05) is 0 Å². The van der Waals surface area contributed by atoms with Gasteiger partial charge in [-0.25, -0.2) is 0 Å². The van der Waals surface area contributed by atoms with Gasteiger partial charge in [-0.05, 0) is 12.8 Å². The lowest BCUT2D eigenvalue weighted by Crippen LogP contribution is -2.09. The van der Waals surface area contributed by atoms with E-state index in [-0.39, 0.29) is 24.8 Å². The number of rotatable bonds is 0. The van der Waals surface area contributed by atoms with Crippen molar-refractivity contribution in [1.82, 2.24) is 0 Å². The first-order chi connectivity index (χ1) is 3.26. The summed E-state index contributed by atoms with van der Waals surface area (Å²) in [6, 6.07) is 0.921. The fraction of sp³-hybridized carbons (Fsp3) is 1.00. The van der Waals surface area contributed by atoms with Gasteiger partial charge in [0.15, 0.2) is 0 Å². The first kappa shape index (κ1) is 9.50. The molecule has 2 aliphatic carbocycles. The zero-order valence-corrected chi connectivity index (χ0v) is 6.67. The third-order valence-electron chi connectivity index (χ3n) is 2.36. The van der Waals surface area contributed by atoms with Gasteiger partial charge in [-0.1, -0.05) is 0 Å². The summed E-state index contributed by atoms with van der Waals surface area (Å²) in [7, 11) is 0. The second-order valence-corrected chi connectivity index (χ2v) is 2.85. The molecule has 9 heavy (non-hydrogen) atoms. The van der Waals surface area contributed by atoms with Crippen molar-refractivity contribution in [2.24, 2.45) is 16.9 Å². The van der Waals surface area contributed by atoms with Gasteiger partial charge in [-0.3, -0.25) is 0 Å². The van der Waals surface area contributed by atoms with Crippen LogP contribution in [0.2, 0.25) is 0 Å². The molecule has 0 aromatic rings. The quantitative estimate of drug-likeness (QED) is 0.549. The minimum Gasteiger partial charge on any atom is -0.327 e. The number of nitrogens with two attached hydrogens (primary N) is 2. The van der Waals surface area contributed by atoms with Gasteiger partial charge in [-0.15, -0.1) is 24.8 Å². The summed E-state index contributed by atoms with van der Waals surface area (Å²) in [6.07, 6.45) is 2.38. The molecule has 2 saturated carbocycles. The van der Waals surface area contributed by atoms with Gasteiger partial charge in [0.05, 0.1) is 0 Å². The average molecular weight is 171 g/mol. The maximum atomic E-state index is 5.57. The lowest BCUT2D eigenvalue weighted by atomic mass is 10.4. The summed E-state index contributed by atoms with van der Waals surface area (Å²) < 4.78 is 0. The Morgan fingerprint density at radius 3 is 1.22 bits per heavy atom. The van der Waals surface area contributed by atoms with Crippen LogP contribution >= 0.6 is 24.8 Å². The third kappa shape index (κ3) is 1.05. The summed E-state index contributed by atoms with van der Waals surface area (Å²) >= 11 is 0. The molecular weight excluding hydrogens is 159 g/mol. The fourth-order valence-corrected chi connectivity index (χ4v) is 1.36. The molecule has 0 aromatic heterocycles. The van der Waals surface area contributed by atoms with Crippen LogP contribution in [0.1, 0.15) is 12.8 Å². The lowest BCUT2D eigenvalue weighted by molar-refractivity contribution is 0.774. The Morgan fingerprint density at radius 2 is 1.22 bits per heavy atom. The molecule has 56 valence electrons. The lowest BCUT2D eigenvalue weighted by Gasteiger charge is -1.80. The molecule has 0 amide bonds. The Kier molecular flexibility index (Phi) is 2.40. The highest BCUT2D eigenvalue weighted by atomic mass is 35.5.